The van der Waals surface area contributed by atoms with Crippen molar-refractivity contribution in [1.82, 2.24) is 15.2 Å². The van der Waals surface area contributed by atoms with E-state index in [9.17, 15) is 0 Å². The number of anilines is 1. The SMILES string of the molecule is CC(C)NC1CCN(Cc2cnc(N)s2)CC1. The fraction of sp³-hybridized carbons (Fsp3) is 0.750. The maximum atomic E-state index is 5.64. The number of piperidine rings is 1. The molecule has 0 atom stereocenters. The lowest BCUT2D eigenvalue weighted by Crippen LogP contribution is -2.44. The fourth-order valence-corrected chi connectivity index (χ4v) is 3.07. The van der Waals surface area contributed by atoms with Crippen LogP contribution in [-0.4, -0.2) is 35.1 Å². The first-order valence-electron chi connectivity index (χ1n) is 6.32. The molecule has 1 fully saturated rings. The Kier molecular flexibility index (Phi) is 4.36. The van der Waals surface area contributed by atoms with Crippen molar-refractivity contribution in [2.75, 3.05) is 18.8 Å². The number of hydrogen-bond donors (Lipinski definition) is 2. The van der Waals surface area contributed by atoms with Gasteiger partial charge in [0.05, 0.1) is 0 Å². The van der Waals surface area contributed by atoms with E-state index in [-0.39, 0.29) is 0 Å². The number of hydrogen-bond acceptors (Lipinski definition) is 5. The van der Waals surface area contributed by atoms with Crippen LogP contribution in [0.2, 0.25) is 0 Å². The summed E-state index contributed by atoms with van der Waals surface area (Å²) >= 11 is 1.60. The smallest absolute Gasteiger partial charge is 0.180 e. The van der Waals surface area contributed by atoms with Gasteiger partial charge in [0.25, 0.3) is 0 Å². The molecule has 2 heterocycles. The van der Waals surface area contributed by atoms with Gasteiger partial charge in [-0.25, -0.2) is 4.98 Å². The van der Waals surface area contributed by atoms with Crippen LogP contribution >= 0.6 is 11.3 Å². The molecule has 17 heavy (non-hydrogen) atoms. The molecule has 2 rings (SSSR count). The highest BCUT2D eigenvalue weighted by atomic mass is 32.1. The van der Waals surface area contributed by atoms with Gasteiger partial charge in [-0.05, 0) is 12.8 Å². The van der Waals surface area contributed by atoms with Crippen LogP contribution in [0.4, 0.5) is 5.13 Å². The van der Waals surface area contributed by atoms with Crippen molar-refractivity contribution < 1.29 is 0 Å². The summed E-state index contributed by atoms with van der Waals surface area (Å²) in [6, 6.07) is 1.28. The van der Waals surface area contributed by atoms with Gasteiger partial charge in [-0.3, -0.25) is 4.90 Å². The number of rotatable bonds is 4. The van der Waals surface area contributed by atoms with Crippen molar-refractivity contribution in [3.63, 3.8) is 0 Å². The maximum absolute atomic E-state index is 5.64. The molecule has 0 aliphatic carbocycles. The van der Waals surface area contributed by atoms with Crippen LogP contribution in [-0.2, 0) is 6.54 Å². The maximum Gasteiger partial charge on any atom is 0.180 e. The topological polar surface area (TPSA) is 54.2 Å². The van der Waals surface area contributed by atoms with E-state index < -0.39 is 0 Å². The van der Waals surface area contributed by atoms with Crippen LogP contribution < -0.4 is 11.1 Å². The third-order valence-electron chi connectivity index (χ3n) is 3.11. The molecule has 96 valence electrons. The molecule has 0 amide bonds. The highest BCUT2D eigenvalue weighted by molar-refractivity contribution is 7.15. The Morgan fingerprint density at radius 2 is 2.24 bits per heavy atom. The second-order valence-corrected chi connectivity index (χ2v) is 6.18. The van der Waals surface area contributed by atoms with Crippen molar-refractivity contribution in [2.45, 2.75) is 45.3 Å². The molecule has 0 radical (unpaired) electrons. The molecule has 4 nitrogen and oxygen atoms in total. The summed E-state index contributed by atoms with van der Waals surface area (Å²) in [6.45, 7) is 7.77. The Labute approximate surface area is 107 Å². The van der Waals surface area contributed by atoms with Crippen LogP contribution in [0, 0.1) is 0 Å². The van der Waals surface area contributed by atoms with Crippen LogP contribution in [0.25, 0.3) is 0 Å². The first kappa shape index (κ1) is 12.8. The molecule has 0 saturated carbocycles. The average Bonchev–Trinajstić information content (AvgIpc) is 2.66. The lowest BCUT2D eigenvalue weighted by atomic mass is 10.0. The molecule has 0 aromatic carbocycles. The lowest BCUT2D eigenvalue weighted by molar-refractivity contribution is 0.188. The van der Waals surface area contributed by atoms with Gasteiger partial charge in [0.2, 0.25) is 0 Å². The largest absolute Gasteiger partial charge is 0.375 e. The quantitative estimate of drug-likeness (QED) is 0.858. The summed E-state index contributed by atoms with van der Waals surface area (Å²) in [6.07, 6.45) is 4.39. The molecule has 1 aromatic heterocycles. The van der Waals surface area contributed by atoms with Crippen LogP contribution in [0.5, 0.6) is 0 Å². The standard InChI is InChI=1S/C12H22N4S/c1-9(2)15-10-3-5-16(6-4-10)8-11-7-14-12(13)17-11/h7,9-10,15H,3-6,8H2,1-2H3,(H2,13,14). The first-order chi connectivity index (χ1) is 8.13. The Bertz CT molecular complexity index is 342. The van der Waals surface area contributed by atoms with Crippen LogP contribution in [0.3, 0.4) is 0 Å². The predicted molar refractivity (Wildman–Crippen MR) is 73.1 cm³/mol. The molecule has 1 aliphatic heterocycles. The van der Waals surface area contributed by atoms with Gasteiger partial charge >= 0.3 is 0 Å². The van der Waals surface area contributed by atoms with Gasteiger partial charge < -0.3 is 11.1 Å². The molecular formula is C12H22N4S. The minimum absolute atomic E-state index is 0.591. The highest BCUT2D eigenvalue weighted by Crippen LogP contribution is 2.19. The Balaban J connectivity index is 1.75. The number of aromatic nitrogens is 1. The second-order valence-electron chi connectivity index (χ2n) is 5.04. The third kappa shape index (κ3) is 3.94. The van der Waals surface area contributed by atoms with Crippen molar-refractivity contribution >= 4 is 16.5 Å². The van der Waals surface area contributed by atoms with Gasteiger partial charge in [0.15, 0.2) is 5.13 Å². The van der Waals surface area contributed by atoms with Crippen molar-refractivity contribution in [3.8, 4) is 0 Å². The minimum atomic E-state index is 0.591. The van der Waals surface area contributed by atoms with Gasteiger partial charge in [-0.2, -0.15) is 0 Å². The summed E-state index contributed by atoms with van der Waals surface area (Å²) in [5.41, 5.74) is 5.64. The summed E-state index contributed by atoms with van der Waals surface area (Å²) in [4.78, 5) is 7.86. The number of likely N-dealkylation sites (tertiary alicyclic amines) is 1. The van der Waals surface area contributed by atoms with Gasteiger partial charge in [-0.1, -0.05) is 13.8 Å². The monoisotopic (exact) mass is 254 g/mol. The molecular weight excluding hydrogens is 232 g/mol. The number of nitrogen functional groups attached to an aromatic ring is 1. The predicted octanol–water partition coefficient (Wildman–Crippen LogP) is 1.69. The molecule has 1 saturated heterocycles. The van der Waals surface area contributed by atoms with Crippen molar-refractivity contribution in [2.24, 2.45) is 0 Å². The number of nitrogens with zero attached hydrogens (tertiary/aromatic N) is 2. The molecule has 0 bridgehead atoms. The van der Waals surface area contributed by atoms with E-state index in [0.29, 0.717) is 17.2 Å². The summed E-state index contributed by atoms with van der Waals surface area (Å²) in [5.74, 6) is 0. The fourth-order valence-electron chi connectivity index (χ4n) is 2.35. The zero-order valence-corrected chi connectivity index (χ0v) is 11.5. The Hall–Kier alpha value is -0.650. The van der Waals surface area contributed by atoms with E-state index in [1.54, 1.807) is 11.3 Å². The van der Waals surface area contributed by atoms with E-state index in [1.165, 1.54) is 30.8 Å². The van der Waals surface area contributed by atoms with Gasteiger partial charge in [0, 0.05) is 42.8 Å². The van der Waals surface area contributed by atoms with E-state index >= 15 is 0 Å². The average molecular weight is 254 g/mol. The highest BCUT2D eigenvalue weighted by Gasteiger charge is 2.19. The second kappa shape index (κ2) is 5.80. The van der Waals surface area contributed by atoms with E-state index in [0.717, 1.165) is 6.54 Å². The van der Waals surface area contributed by atoms with Crippen molar-refractivity contribution in [3.05, 3.63) is 11.1 Å². The zero-order chi connectivity index (χ0) is 12.3. The molecule has 5 heteroatoms. The third-order valence-corrected chi connectivity index (χ3v) is 3.92. The van der Waals surface area contributed by atoms with Gasteiger partial charge in [-0.15, -0.1) is 11.3 Å². The van der Waals surface area contributed by atoms with Crippen LogP contribution in [0.1, 0.15) is 31.6 Å². The minimum Gasteiger partial charge on any atom is -0.375 e. The molecule has 1 aromatic rings. The Morgan fingerprint density at radius 1 is 1.53 bits per heavy atom. The molecule has 3 N–H and O–H groups in total. The summed E-state index contributed by atoms with van der Waals surface area (Å²) in [5, 5.41) is 4.29. The van der Waals surface area contributed by atoms with E-state index in [1.807, 2.05) is 6.20 Å². The van der Waals surface area contributed by atoms with Gasteiger partial charge in [0.1, 0.15) is 0 Å². The van der Waals surface area contributed by atoms with E-state index in [2.05, 4.69) is 29.0 Å². The number of thiazole rings is 1. The number of nitrogens with two attached hydrogens (primary N) is 1. The summed E-state index contributed by atoms with van der Waals surface area (Å²) < 4.78 is 0. The molecule has 0 spiro atoms. The van der Waals surface area contributed by atoms with E-state index in [4.69, 9.17) is 5.73 Å². The molecule has 0 unspecified atom stereocenters. The Morgan fingerprint density at radius 3 is 2.76 bits per heavy atom. The number of nitrogens with one attached hydrogen (secondary N) is 1. The summed E-state index contributed by atoms with van der Waals surface area (Å²) in [7, 11) is 0. The normalized spacial score (nSPS) is 19.0. The van der Waals surface area contributed by atoms with Crippen LogP contribution in [0.15, 0.2) is 6.20 Å². The molecule has 1 aliphatic rings. The first-order valence-corrected chi connectivity index (χ1v) is 7.13. The van der Waals surface area contributed by atoms with Crippen molar-refractivity contribution in [1.29, 1.82) is 0 Å². The zero-order valence-electron chi connectivity index (χ0n) is 10.6. The lowest BCUT2D eigenvalue weighted by Gasteiger charge is -2.33.